The molecule has 104 valence electrons. The highest BCUT2D eigenvalue weighted by molar-refractivity contribution is 9.11. The van der Waals surface area contributed by atoms with E-state index in [2.05, 4.69) is 47.1 Å². The maximum absolute atomic E-state index is 5.61. The first-order valence-corrected chi connectivity index (χ1v) is 7.57. The Morgan fingerprint density at radius 3 is 2.75 bits per heavy atom. The minimum Gasteiger partial charge on any atom is -0.486 e. The molecule has 0 saturated heterocycles. The van der Waals surface area contributed by atoms with E-state index in [-0.39, 0.29) is 0 Å². The molecule has 0 fully saturated rings. The third-order valence-electron chi connectivity index (χ3n) is 2.84. The zero-order chi connectivity index (χ0) is 14.1. The first kappa shape index (κ1) is 13.6. The smallest absolute Gasteiger partial charge is 0.175 e. The van der Waals surface area contributed by atoms with E-state index >= 15 is 0 Å². The molecular formula is C13H11Br2N3O2. The summed E-state index contributed by atoms with van der Waals surface area (Å²) in [7, 11) is 1.82. The van der Waals surface area contributed by atoms with Crippen LogP contribution < -0.4 is 14.8 Å². The third-order valence-corrected chi connectivity index (χ3v) is 4.01. The van der Waals surface area contributed by atoms with Crippen LogP contribution in [0.3, 0.4) is 0 Å². The fraction of sp³-hybridized carbons (Fsp3) is 0.231. The normalized spacial score (nSPS) is 13.2. The molecule has 20 heavy (non-hydrogen) atoms. The summed E-state index contributed by atoms with van der Waals surface area (Å²) < 4.78 is 12.8. The van der Waals surface area contributed by atoms with Crippen LogP contribution in [-0.4, -0.2) is 30.2 Å². The van der Waals surface area contributed by atoms with E-state index in [0.29, 0.717) is 24.8 Å². The summed E-state index contributed by atoms with van der Waals surface area (Å²) in [6.07, 6.45) is 1.72. The number of rotatable bonds is 2. The second kappa shape index (κ2) is 5.57. The average molecular weight is 401 g/mol. The molecule has 3 rings (SSSR count). The van der Waals surface area contributed by atoms with Crippen LogP contribution >= 0.6 is 31.9 Å². The maximum Gasteiger partial charge on any atom is 0.175 e. The number of halogens is 2. The SMILES string of the molecule is CNc1nc(-c2cc(Br)c3c(c2)OCCO3)ncc1Br. The van der Waals surface area contributed by atoms with E-state index in [1.807, 2.05) is 19.2 Å². The van der Waals surface area contributed by atoms with E-state index in [9.17, 15) is 0 Å². The molecule has 0 saturated carbocycles. The van der Waals surface area contributed by atoms with Crippen LogP contribution in [-0.2, 0) is 0 Å². The highest BCUT2D eigenvalue weighted by atomic mass is 79.9. The Morgan fingerprint density at radius 1 is 1.15 bits per heavy atom. The molecule has 0 spiro atoms. The summed E-state index contributed by atoms with van der Waals surface area (Å²) >= 11 is 6.89. The van der Waals surface area contributed by atoms with Gasteiger partial charge < -0.3 is 14.8 Å². The molecule has 1 N–H and O–H groups in total. The molecule has 1 aromatic heterocycles. The maximum atomic E-state index is 5.61. The first-order valence-electron chi connectivity index (χ1n) is 5.99. The van der Waals surface area contributed by atoms with Gasteiger partial charge in [0.25, 0.3) is 0 Å². The molecule has 0 bridgehead atoms. The number of benzene rings is 1. The van der Waals surface area contributed by atoms with E-state index in [0.717, 1.165) is 26.1 Å². The molecule has 1 aliphatic heterocycles. The van der Waals surface area contributed by atoms with Crippen molar-refractivity contribution < 1.29 is 9.47 Å². The number of hydrogen-bond donors (Lipinski definition) is 1. The number of anilines is 1. The minimum atomic E-state index is 0.547. The zero-order valence-corrected chi connectivity index (χ0v) is 13.8. The number of aromatic nitrogens is 2. The van der Waals surface area contributed by atoms with Crippen LogP contribution in [0.4, 0.5) is 5.82 Å². The first-order chi connectivity index (χ1) is 9.69. The van der Waals surface area contributed by atoms with Gasteiger partial charge in [-0.05, 0) is 44.0 Å². The Hall–Kier alpha value is -1.34. The molecule has 1 aliphatic rings. The average Bonchev–Trinajstić information content (AvgIpc) is 2.47. The van der Waals surface area contributed by atoms with Crippen LogP contribution in [0.2, 0.25) is 0 Å². The minimum absolute atomic E-state index is 0.547. The molecule has 2 heterocycles. The van der Waals surface area contributed by atoms with Crippen molar-refractivity contribution in [2.45, 2.75) is 0 Å². The Balaban J connectivity index is 2.08. The van der Waals surface area contributed by atoms with Crippen LogP contribution in [0.1, 0.15) is 0 Å². The number of ether oxygens (including phenoxy) is 2. The standard InChI is InChI=1S/C13H11Br2N3O2/c1-16-13-9(15)6-17-12(18-13)7-4-8(14)11-10(5-7)19-2-3-20-11/h4-6H,2-3H2,1H3,(H,16,17,18). The molecule has 1 aromatic carbocycles. The molecule has 7 heteroatoms. The Kier molecular flexibility index (Phi) is 3.80. The lowest BCUT2D eigenvalue weighted by Gasteiger charge is -2.20. The van der Waals surface area contributed by atoms with Gasteiger partial charge >= 0.3 is 0 Å². The fourth-order valence-corrected chi connectivity index (χ4v) is 2.87. The summed E-state index contributed by atoms with van der Waals surface area (Å²) in [5.41, 5.74) is 0.866. The van der Waals surface area contributed by atoms with Gasteiger partial charge in [0.05, 0.1) is 8.95 Å². The predicted molar refractivity (Wildman–Crippen MR) is 83.4 cm³/mol. The topological polar surface area (TPSA) is 56.3 Å². The van der Waals surface area contributed by atoms with E-state index in [1.54, 1.807) is 6.20 Å². The highest BCUT2D eigenvalue weighted by Gasteiger charge is 2.18. The highest BCUT2D eigenvalue weighted by Crippen LogP contribution is 2.40. The summed E-state index contributed by atoms with van der Waals surface area (Å²) in [5.74, 6) is 2.79. The van der Waals surface area contributed by atoms with Gasteiger partial charge in [0.1, 0.15) is 19.0 Å². The van der Waals surface area contributed by atoms with Gasteiger partial charge in [0, 0.05) is 18.8 Å². The number of nitrogens with zero attached hydrogens (tertiary/aromatic N) is 2. The summed E-state index contributed by atoms with van der Waals surface area (Å²) in [5, 5.41) is 3.02. The Morgan fingerprint density at radius 2 is 1.95 bits per heavy atom. The number of hydrogen-bond acceptors (Lipinski definition) is 5. The number of nitrogens with one attached hydrogen (secondary N) is 1. The monoisotopic (exact) mass is 399 g/mol. The molecule has 0 atom stereocenters. The van der Waals surface area contributed by atoms with Gasteiger partial charge in [-0.1, -0.05) is 0 Å². The van der Waals surface area contributed by atoms with Crippen LogP contribution in [0.5, 0.6) is 11.5 Å². The molecule has 5 nitrogen and oxygen atoms in total. The lowest BCUT2D eigenvalue weighted by atomic mass is 10.2. The van der Waals surface area contributed by atoms with Crippen LogP contribution in [0.15, 0.2) is 27.3 Å². The predicted octanol–water partition coefficient (Wildman–Crippen LogP) is 3.48. The lowest BCUT2D eigenvalue weighted by molar-refractivity contribution is 0.170. The van der Waals surface area contributed by atoms with Gasteiger partial charge in [-0.15, -0.1) is 0 Å². The lowest BCUT2D eigenvalue weighted by Crippen LogP contribution is -2.15. The van der Waals surface area contributed by atoms with Crippen LogP contribution in [0, 0.1) is 0 Å². The molecule has 0 aliphatic carbocycles. The van der Waals surface area contributed by atoms with Crippen molar-refractivity contribution in [3.8, 4) is 22.9 Å². The largest absolute Gasteiger partial charge is 0.486 e. The molecule has 0 amide bonds. The van der Waals surface area contributed by atoms with Gasteiger partial charge in [-0.2, -0.15) is 0 Å². The molecule has 0 radical (unpaired) electrons. The third kappa shape index (κ3) is 2.47. The van der Waals surface area contributed by atoms with Gasteiger partial charge in [-0.25, -0.2) is 9.97 Å². The molecule has 2 aromatic rings. The zero-order valence-electron chi connectivity index (χ0n) is 10.6. The summed E-state index contributed by atoms with van der Waals surface area (Å²) in [4.78, 5) is 8.80. The van der Waals surface area contributed by atoms with Crippen molar-refractivity contribution in [3.63, 3.8) is 0 Å². The van der Waals surface area contributed by atoms with E-state index in [1.165, 1.54) is 0 Å². The Labute approximate surface area is 133 Å². The van der Waals surface area contributed by atoms with Crippen molar-refractivity contribution in [3.05, 3.63) is 27.3 Å². The van der Waals surface area contributed by atoms with Crippen molar-refractivity contribution in [2.75, 3.05) is 25.6 Å². The molecule has 0 unspecified atom stereocenters. The molecular weight excluding hydrogens is 390 g/mol. The van der Waals surface area contributed by atoms with Gasteiger partial charge in [0.2, 0.25) is 0 Å². The summed E-state index contributed by atoms with van der Waals surface area (Å²) in [6, 6.07) is 3.82. The van der Waals surface area contributed by atoms with E-state index in [4.69, 9.17) is 9.47 Å². The summed E-state index contributed by atoms with van der Waals surface area (Å²) in [6.45, 7) is 1.11. The number of fused-ring (bicyclic) bond motifs is 1. The van der Waals surface area contributed by atoms with Gasteiger partial charge in [-0.3, -0.25) is 0 Å². The fourth-order valence-electron chi connectivity index (χ4n) is 1.92. The van der Waals surface area contributed by atoms with Crippen molar-refractivity contribution >= 4 is 37.7 Å². The van der Waals surface area contributed by atoms with Gasteiger partial charge in [0.15, 0.2) is 17.3 Å². The van der Waals surface area contributed by atoms with Crippen molar-refractivity contribution in [1.29, 1.82) is 0 Å². The Bertz CT molecular complexity index is 664. The van der Waals surface area contributed by atoms with Crippen molar-refractivity contribution in [1.82, 2.24) is 9.97 Å². The second-order valence-corrected chi connectivity index (χ2v) is 5.83. The second-order valence-electron chi connectivity index (χ2n) is 4.12. The van der Waals surface area contributed by atoms with Crippen molar-refractivity contribution in [2.24, 2.45) is 0 Å². The quantitative estimate of drug-likeness (QED) is 0.836. The van der Waals surface area contributed by atoms with E-state index < -0.39 is 0 Å². The van der Waals surface area contributed by atoms with Crippen LogP contribution in [0.25, 0.3) is 11.4 Å².